The average molecular weight is 332 g/mol. The van der Waals surface area contributed by atoms with Crippen LogP contribution in [0, 0.1) is 10.5 Å². The van der Waals surface area contributed by atoms with Crippen molar-refractivity contribution in [1.82, 2.24) is 5.32 Å². The van der Waals surface area contributed by atoms with Crippen LogP contribution in [-0.2, 0) is 4.79 Å². The minimum absolute atomic E-state index is 0.0561. The summed E-state index contributed by atoms with van der Waals surface area (Å²) in [6.07, 6.45) is 0.512. The lowest BCUT2D eigenvalue weighted by Gasteiger charge is -2.07. The van der Waals surface area contributed by atoms with Crippen molar-refractivity contribution in [2.24, 2.45) is 0 Å². The molecular formula is C12H17IN2O. The van der Waals surface area contributed by atoms with Gasteiger partial charge in [-0.1, -0.05) is 13.0 Å². The molecule has 0 bridgehead atoms. The average Bonchev–Trinajstić information content (AvgIpc) is 2.24. The molecule has 0 unspecified atom stereocenters. The van der Waals surface area contributed by atoms with Gasteiger partial charge in [-0.3, -0.25) is 4.79 Å². The van der Waals surface area contributed by atoms with E-state index in [2.05, 4.69) is 40.1 Å². The molecule has 1 aromatic rings. The smallest absolute Gasteiger partial charge is 0.225 e. The molecule has 2 N–H and O–H groups in total. The molecule has 0 atom stereocenters. The van der Waals surface area contributed by atoms with Crippen molar-refractivity contribution in [3.63, 3.8) is 0 Å². The van der Waals surface area contributed by atoms with Gasteiger partial charge in [-0.2, -0.15) is 0 Å². The summed E-state index contributed by atoms with van der Waals surface area (Å²) in [5.41, 5.74) is 2.10. The number of rotatable bonds is 5. The van der Waals surface area contributed by atoms with Crippen LogP contribution in [0.3, 0.4) is 0 Å². The molecule has 16 heavy (non-hydrogen) atoms. The lowest BCUT2D eigenvalue weighted by Crippen LogP contribution is -2.21. The molecule has 0 aromatic heterocycles. The van der Waals surface area contributed by atoms with E-state index in [1.54, 1.807) is 0 Å². The van der Waals surface area contributed by atoms with Crippen molar-refractivity contribution in [3.8, 4) is 0 Å². The summed E-state index contributed by atoms with van der Waals surface area (Å²) in [6, 6.07) is 5.94. The van der Waals surface area contributed by atoms with Gasteiger partial charge in [-0.05, 0) is 53.8 Å². The molecule has 0 heterocycles. The van der Waals surface area contributed by atoms with Crippen LogP contribution < -0.4 is 10.6 Å². The molecule has 0 aliphatic heterocycles. The molecule has 0 aliphatic rings. The second-order valence-electron chi connectivity index (χ2n) is 3.62. The van der Waals surface area contributed by atoms with E-state index in [0.29, 0.717) is 6.42 Å². The summed E-state index contributed by atoms with van der Waals surface area (Å²) in [4.78, 5) is 11.5. The molecule has 4 heteroatoms. The number of hydrogen-bond acceptors (Lipinski definition) is 2. The Bertz CT molecular complexity index is 366. The standard InChI is InChI=1S/C12H17IN2O/c1-3-14-7-6-12(16)15-10-5-4-9(2)11(13)8-10/h4-5,8,14H,3,6-7H2,1-2H3,(H,15,16). The maximum absolute atomic E-state index is 11.5. The Morgan fingerprint density at radius 2 is 2.19 bits per heavy atom. The molecule has 0 radical (unpaired) electrons. The molecule has 3 nitrogen and oxygen atoms in total. The number of halogens is 1. The number of amides is 1. The highest BCUT2D eigenvalue weighted by atomic mass is 127. The van der Waals surface area contributed by atoms with E-state index < -0.39 is 0 Å². The molecule has 0 spiro atoms. The van der Waals surface area contributed by atoms with E-state index in [9.17, 15) is 4.79 Å². The third-order valence-electron chi connectivity index (χ3n) is 2.23. The molecular weight excluding hydrogens is 315 g/mol. The van der Waals surface area contributed by atoms with E-state index in [-0.39, 0.29) is 5.91 Å². The number of benzene rings is 1. The van der Waals surface area contributed by atoms with Gasteiger partial charge >= 0.3 is 0 Å². The van der Waals surface area contributed by atoms with Gasteiger partial charge in [-0.15, -0.1) is 0 Å². The Morgan fingerprint density at radius 1 is 1.44 bits per heavy atom. The summed E-state index contributed by atoms with van der Waals surface area (Å²) < 4.78 is 1.17. The number of hydrogen-bond donors (Lipinski definition) is 2. The third-order valence-corrected chi connectivity index (χ3v) is 3.40. The zero-order valence-corrected chi connectivity index (χ0v) is 11.8. The lowest BCUT2D eigenvalue weighted by atomic mass is 10.2. The first-order chi connectivity index (χ1) is 7.63. The van der Waals surface area contributed by atoms with Gasteiger partial charge in [0, 0.05) is 22.2 Å². The topological polar surface area (TPSA) is 41.1 Å². The lowest BCUT2D eigenvalue weighted by molar-refractivity contribution is -0.116. The quantitative estimate of drug-likeness (QED) is 0.643. The highest BCUT2D eigenvalue weighted by Crippen LogP contribution is 2.17. The van der Waals surface area contributed by atoms with Gasteiger partial charge < -0.3 is 10.6 Å². The molecule has 1 rings (SSSR count). The first-order valence-corrected chi connectivity index (χ1v) is 6.48. The summed E-state index contributed by atoms with van der Waals surface area (Å²) in [5, 5.41) is 6.01. The maximum atomic E-state index is 11.5. The van der Waals surface area contributed by atoms with Crippen LogP contribution in [0.2, 0.25) is 0 Å². The zero-order valence-electron chi connectivity index (χ0n) is 9.64. The minimum atomic E-state index is 0.0561. The highest BCUT2D eigenvalue weighted by Gasteiger charge is 2.02. The Kier molecular flexibility index (Phi) is 5.76. The van der Waals surface area contributed by atoms with Gasteiger partial charge in [0.25, 0.3) is 0 Å². The monoisotopic (exact) mass is 332 g/mol. The molecule has 88 valence electrons. The largest absolute Gasteiger partial charge is 0.326 e. The maximum Gasteiger partial charge on any atom is 0.225 e. The Balaban J connectivity index is 2.46. The van der Waals surface area contributed by atoms with Crippen molar-refractivity contribution < 1.29 is 4.79 Å². The van der Waals surface area contributed by atoms with E-state index in [1.165, 1.54) is 9.13 Å². The van der Waals surface area contributed by atoms with Crippen LogP contribution in [0.4, 0.5) is 5.69 Å². The van der Waals surface area contributed by atoms with Crippen LogP contribution in [0.5, 0.6) is 0 Å². The zero-order chi connectivity index (χ0) is 12.0. The second kappa shape index (κ2) is 6.85. The molecule has 0 saturated carbocycles. The normalized spacial score (nSPS) is 10.2. The number of carbonyl (C=O) groups is 1. The van der Waals surface area contributed by atoms with E-state index in [1.807, 2.05) is 25.1 Å². The predicted molar refractivity (Wildman–Crippen MR) is 75.7 cm³/mol. The molecule has 0 aliphatic carbocycles. The molecule has 0 saturated heterocycles. The SMILES string of the molecule is CCNCCC(=O)Nc1ccc(C)c(I)c1. The number of aryl methyl sites for hydroxylation is 1. The van der Waals surface area contributed by atoms with Gasteiger partial charge in [-0.25, -0.2) is 0 Å². The van der Waals surface area contributed by atoms with Crippen LogP contribution in [0.1, 0.15) is 18.9 Å². The third kappa shape index (κ3) is 4.49. The summed E-state index contributed by atoms with van der Waals surface area (Å²) in [5.74, 6) is 0.0561. The fourth-order valence-corrected chi connectivity index (χ4v) is 1.79. The van der Waals surface area contributed by atoms with Gasteiger partial charge in [0.05, 0.1) is 0 Å². The number of carbonyl (C=O) groups excluding carboxylic acids is 1. The summed E-state index contributed by atoms with van der Waals surface area (Å²) in [6.45, 7) is 5.71. The van der Waals surface area contributed by atoms with Crippen LogP contribution >= 0.6 is 22.6 Å². The van der Waals surface area contributed by atoms with Crippen LogP contribution in [0.25, 0.3) is 0 Å². The van der Waals surface area contributed by atoms with Crippen molar-refractivity contribution >= 4 is 34.2 Å². The van der Waals surface area contributed by atoms with E-state index in [0.717, 1.165) is 18.8 Å². The van der Waals surface area contributed by atoms with Crippen molar-refractivity contribution in [3.05, 3.63) is 27.3 Å². The van der Waals surface area contributed by atoms with Crippen molar-refractivity contribution in [1.29, 1.82) is 0 Å². The summed E-state index contributed by atoms with van der Waals surface area (Å²) in [7, 11) is 0. The first-order valence-electron chi connectivity index (χ1n) is 5.40. The Morgan fingerprint density at radius 3 is 2.81 bits per heavy atom. The van der Waals surface area contributed by atoms with E-state index >= 15 is 0 Å². The molecule has 0 fully saturated rings. The number of nitrogens with one attached hydrogen (secondary N) is 2. The van der Waals surface area contributed by atoms with Crippen molar-refractivity contribution in [2.45, 2.75) is 20.3 Å². The van der Waals surface area contributed by atoms with Gasteiger partial charge in [0.2, 0.25) is 5.91 Å². The fraction of sp³-hybridized carbons (Fsp3) is 0.417. The van der Waals surface area contributed by atoms with E-state index in [4.69, 9.17) is 0 Å². The minimum Gasteiger partial charge on any atom is -0.326 e. The fourth-order valence-electron chi connectivity index (χ4n) is 1.27. The Labute approximate surface area is 110 Å². The van der Waals surface area contributed by atoms with Crippen LogP contribution in [-0.4, -0.2) is 19.0 Å². The predicted octanol–water partition coefficient (Wildman–Crippen LogP) is 2.54. The van der Waals surface area contributed by atoms with Gasteiger partial charge in [0.15, 0.2) is 0 Å². The van der Waals surface area contributed by atoms with Crippen LogP contribution in [0.15, 0.2) is 18.2 Å². The Hall–Kier alpha value is -0.620. The first kappa shape index (κ1) is 13.4. The highest BCUT2D eigenvalue weighted by molar-refractivity contribution is 14.1. The molecule has 1 aromatic carbocycles. The number of anilines is 1. The molecule has 1 amide bonds. The van der Waals surface area contributed by atoms with Crippen molar-refractivity contribution in [2.75, 3.05) is 18.4 Å². The summed E-state index contributed by atoms with van der Waals surface area (Å²) >= 11 is 2.27. The van der Waals surface area contributed by atoms with Gasteiger partial charge in [0.1, 0.15) is 0 Å². The second-order valence-corrected chi connectivity index (χ2v) is 4.78.